The highest BCUT2D eigenvalue weighted by Gasteiger charge is 2.66. The Balaban J connectivity index is 1.52. The fraction of sp³-hybridized carbons (Fsp3) is 0.667. The lowest BCUT2D eigenvalue weighted by Gasteiger charge is -2.61. The molecule has 1 heterocycles. The Kier molecular flexibility index (Phi) is 3.88. The summed E-state index contributed by atoms with van der Waals surface area (Å²) in [6.45, 7) is 4.67. The molecule has 1 aromatic heterocycles. The number of allylic oxidation sites excluding steroid dienone is 2. The van der Waals surface area contributed by atoms with Crippen molar-refractivity contribution in [1.29, 1.82) is 5.41 Å². The van der Waals surface area contributed by atoms with Gasteiger partial charge in [-0.1, -0.05) is 19.4 Å². The summed E-state index contributed by atoms with van der Waals surface area (Å²) in [5.74, 6) is 1.07. The largest absolute Gasteiger partial charge is 0.431 e. The smallest absolute Gasteiger partial charge is 0.335 e. The predicted octanol–water partition coefficient (Wildman–Crippen LogP) is 4.82. The van der Waals surface area contributed by atoms with Crippen LogP contribution in [-0.2, 0) is 0 Å². The van der Waals surface area contributed by atoms with Crippen molar-refractivity contribution in [2.45, 2.75) is 76.7 Å². The molecule has 150 valence electrons. The van der Waals surface area contributed by atoms with Crippen LogP contribution in [0.15, 0.2) is 39.3 Å². The highest BCUT2D eigenvalue weighted by Crippen LogP contribution is 2.69. The number of rotatable bonds is 1. The normalized spacial score (nSPS) is 45.0. The zero-order valence-electron chi connectivity index (χ0n) is 17.0. The van der Waals surface area contributed by atoms with Crippen molar-refractivity contribution < 1.29 is 9.52 Å². The molecule has 5 rings (SSSR count). The van der Waals surface area contributed by atoms with E-state index in [0.29, 0.717) is 11.8 Å². The van der Waals surface area contributed by atoms with E-state index >= 15 is 0 Å². The lowest BCUT2D eigenvalue weighted by molar-refractivity contribution is -0.176. The summed E-state index contributed by atoms with van der Waals surface area (Å²) in [5, 5.41) is 20.3. The molecule has 6 atom stereocenters. The van der Waals surface area contributed by atoms with Crippen LogP contribution in [0.1, 0.15) is 76.7 Å². The van der Waals surface area contributed by atoms with Crippen LogP contribution in [0.5, 0.6) is 0 Å². The first-order valence-corrected chi connectivity index (χ1v) is 10.9. The van der Waals surface area contributed by atoms with Crippen molar-refractivity contribution in [2.75, 3.05) is 0 Å². The van der Waals surface area contributed by atoms with Crippen molar-refractivity contribution in [3.8, 4) is 0 Å². The number of fused-ring (bicyclic) bond motifs is 5. The Morgan fingerprint density at radius 1 is 1.07 bits per heavy atom. The van der Waals surface area contributed by atoms with Gasteiger partial charge in [-0.05, 0) is 92.2 Å². The van der Waals surface area contributed by atoms with Gasteiger partial charge in [-0.15, -0.1) is 0 Å². The molecule has 4 heteroatoms. The molecule has 0 saturated heterocycles. The highest BCUT2D eigenvalue weighted by atomic mass is 16.4. The van der Waals surface area contributed by atoms with Crippen LogP contribution in [0, 0.1) is 28.1 Å². The van der Waals surface area contributed by atoms with E-state index in [1.165, 1.54) is 11.6 Å². The van der Waals surface area contributed by atoms with Gasteiger partial charge in [0, 0.05) is 17.2 Å². The topological polar surface area (TPSA) is 74.3 Å². The van der Waals surface area contributed by atoms with Crippen molar-refractivity contribution in [1.82, 2.24) is 0 Å². The van der Waals surface area contributed by atoms with Crippen molar-refractivity contribution in [3.05, 3.63) is 46.0 Å². The quantitative estimate of drug-likeness (QED) is 0.732. The van der Waals surface area contributed by atoms with E-state index in [0.717, 1.165) is 62.6 Å². The van der Waals surface area contributed by atoms with Crippen molar-refractivity contribution in [3.63, 3.8) is 0 Å². The molecule has 3 fully saturated rings. The third-order valence-corrected chi connectivity index (χ3v) is 9.31. The molecule has 2 N–H and O–H groups in total. The summed E-state index contributed by atoms with van der Waals surface area (Å²) in [5.41, 5.74) is 2.29. The first-order chi connectivity index (χ1) is 13.3. The SMILES string of the molecule is CC12CCC(=N)C=C1CCC1C2CC[C@]2(C)C(c3ccc(=O)oc3)CCC12O. The fourth-order valence-corrected chi connectivity index (χ4v) is 7.66. The molecule has 28 heavy (non-hydrogen) atoms. The predicted molar refractivity (Wildman–Crippen MR) is 109 cm³/mol. The maximum Gasteiger partial charge on any atom is 0.335 e. The Bertz CT molecular complexity index is 896. The molecule has 0 bridgehead atoms. The summed E-state index contributed by atoms with van der Waals surface area (Å²) in [7, 11) is 0. The van der Waals surface area contributed by atoms with E-state index in [2.05, 4.69) is 19.9 Å². The van der Waals surface area contributed by atoms with Gasteiger partial charge in [0.2, 0.25) is 0 Å². The number of hydrogen-bond acceptors (Lipinski definition) is 4. The molecule has 3 saturated carbocycles. The van der Waals surface area contributed by atoms with Gasteiger partial charge in [0.1, 0.15) is 0 Å². The molecule has 0 aromatic carbocycles. The first-order valence-electron chi connectivity index (χ1n) is 10.9. The Labute approximate surface area is 166 Å². The Morgan fingerprint density at radius 3 is 2.64 bits per heavy atom. The molecule has 0 radical (unpaired) electrons. The van der Waals surface area contributed by atoms with E-state index in [-0.39, 0.29) is 22.4 Å². The van der Waals surface area contributed by atoms with E-state index < -0.39 is 5.60 Å². The van der Waals surface area contributed by atoms with Gasteiger partial charge in [0.25, 0.3) is 0 Å². The molecule has 4 aliphatic carbocycles. The standard InChI is InChI=1S/C24H31NO3/c1-22-10-7-17(25)13-16(22)4-5-20-19(22)8-11-23(2)18(9-12-24(20,23)27)15-3-6-21(26)28-14-15/h3,6,13-14,18-20,25,27H,4-5,7-12H2,1-2H3/t18?,19?,20?,22?,23-,24?/m1/s1. The number of nitrogens with one attached hydrogen (secondary N) is 1. The second kappa shape index (κ2) is 5.91. The lowest BCUT2D eigenvalue weighted by atomic mass is 9.45. The highest BCUT2D eigenvalue weighted by molar-refractivity contribution is 5.94. The van der Waals surface area contributed by atoms with E-state index in [1.807, 2.05) is 6.07 Å². The molecule has 4 aliphatic rings. The summed E-state index contributed by atoms with van der Waals surface area (Å²) in [6, 6.07) is 3.41. The van der Waals surface area contributed by atoms with Crippen LogP contribution in [0.2, 0.25) is 0 Å². The van der Waals surface area contributed by atoms with Crippen LogP contribution in [0.3, 0.4) is 0 Å². The van der Waals surface area contributed by atoms with Crippen LogP contribution in [0.25, 0.3) is 0 Å². The van der Waals surface area contributed by atoms with Crippen molar-refractivity contribution >= 4 is 5.71 Å². The van der Waals surface area contributed by atoms with Crippen LogP contribution >= 0.6 is 0 Å². The maximum atomic E-state index is 12.2. The van der Waals surface area contributed by atoms with Gasteiger partial charge in [-0.3, -0.25) is 0 Å². The average Bonchev–Trinajstić information content (AvgIpc) is 2.95. The molecular weight excluding hydrogens is 350 g/mol. The first kappa shape index (κ1) is 18.4. The average molecular weight is 382 g/mol. The van der Waals surface area contributed by atoms with Crippen LogP contribution in [0.4, 0.5) is 0 Å². The minimum atomic E-state index is -0.657. The van der Waals surface area contributed by atoms with Gasteiger partial charge in [0.15, 0.2) is 0 Å². The molecule has 5 unspecified atom stereocenters. The zero-order valence-corrected chi connectivity index (χ0v) is 17.0. The monoisotopic (exact) mass is 381 g/mol. The third-order valence-electron chi connectivity index (χ3n) is 9.31. The molecule has 0 aliphatic heterocycles. The Hall–Kier alpha value is -1.68. The summed E-state index contributed by atoms with van der Waals surface area (Å²) in [4.78, 5) is 11.4. The van der Waals surface area contributed by atoms with E-state index in [1.54, 1.807) is 6.26 Å². The summed E-state index contributed by atoms with van der Waals surface area (Å²) < 4.78 is 5.17. The minimum absolute atomic E-state index is 0.141. The van der Waals surface area contributed by atoms with Crippen molar-refractivity contribution in [2.24, 2.45) is 22.7 Å². The zero-order chi connectivity index (χ0) is 19.7. The van der Waals surface area contributed by atoms with Crippen LogP contribution < -0.4 is 5.63 Å². The fourth-order valence-electron chi connectivity index (χ4n) is 7.66. The molecule has 0 amide bonds. The lowest BCUT2D eigenvalue weighted by Crippen LogP contribution is -2.60. The second-order valence-corrected chi connectivity index (χ2v) is 10.2. The molecule has 4 nitrogen and oxygen atoms in total. The van der Waals surface area contributed by atoms with Gasteiger partial charge in [0.05, 0.1) is 11.9 Å². The summed E-state index contributed by atoms with van der Waals surface area (Å²) in [6.07, 6.45) is 11.7. The number of hydrogen-bond donors (Lipinski definition) is 2. The van der Waals surface area contributed by atoms with Gasteiger partial charge in [-0.25, -0.2) is 4.79 Å². The van der Waals surface area contributed by atoms with Gasteiger partial charge < -0.3 is 14.9 Å². The third kappa shape index (κ3) is 2.27. The van der Waals surface area contributed by atoms with Crippen LogP contribution in [-0.4, -0.2) is 16.4 Å². The molecule has 0 spiro atoms. The molecule has 1 aromatic rings. The number of aliphatic hydroxyl groups is 1. The summed E-state index contributed by atoms with van der Waals surface area (Å²) >= 11 is 0. The van der Waals surface area contributed by atoms with Gasteiger partial charge in [-0.2, -0.15) is 0 Å². The van der Waals surface area contributed by atoms with Gasteiger partial charge >= 0.3 is 5.63 Å². The second-order valence-electron chi connectivity index (χ2n) is 10.2. The van der Waals surface area contributed by atoms with E-state index in [9.17, 15) is 9.90 Å². The minimum Gasteiger partial charge on any atom is -0.431 e. The molecular formula is C24H31NO3. The van der Waals surface area contributed by atoms with E-state index in [4.69, 9.17) is 9.83 Å². The maximum absolute atomic E-state index is 12.2. The Morgan fingerprint density at radius 2 is 1.89 bits per heavy atom.